The zero-order chi connectivity index (χ0) is 18.8. The Morgan fingerprint density at radius 2 is 1.96 bits per heavy atom. The van der Waals surface area contributed by atoms with Crippen LogP contribution in [-0.2, 0) is 6.54 Å². The number of methoxy groups -OCH3 is 1. The average Bonchev–Trinajstić information content (AvgIpc) is 3.29. The van der Waals surface area contributed by atoms with E-state index >= 15 is 0 Å². The van der Waals surface area contributed by atoms with Crippen molar-refractivity contribution in [3.63, 3.8) is 0 Å². The van der Waals surface area contributed by atoms with Gasteiger partial charge < -0.3 is 20.2 Å². The highest BCUT2D eigenvalue weighted by Crippen LogP contribution is 2.27. The number of imidazole rings is 1. The van der Waals surface area contributed by atoms with Gasteiger partial charge in [-0.05, 0) is 46.7 Å². The molecule has 0 aliphatic rings. The number of anilines is 1. The summed E-state index contributed by atoms with van der Waals surface area (Å²) in [6.45, 7) is 0.241. The van der Waals surface area contributed by atoms with Gasteiger partial charge in [0.2, 0.25) is 0 Å². The molecule has 4 rings (SSSR count). The van der Waals surface area contributed by atoms with Crippen molar-refractivity contribution < 1.29 is 14.6 Å². The number of fused-ring (bicyclic) bond motifs is 1. The summed E-state index contributed by atoms with van der Waals surface area (Å²) in [5.41, 5.74) is 8.96. The molecule has 2 aromatic carbocycles. The molecular weight excluding hydrogens is 348 g/mol. The second kappa shape index (κ2) is 6.79. The first-order chi connectivity index (χ1) is 13.2. The van der Waals surface area contributed by atoms with Gasteiger partial charge in [-0.1, -0.05) is 17.3 Å². The number of hydrogen-bond acceptors (Lipinski definition) is 8. The Hall–Kier alpha value is -3.88. The van der Waals surface area contributed by atoms with Gasteiger partial charge in [0.05, 0.1) is 24.7 Å². The molecule has 9 nitrogen and oxygen atoms in total. The SMILES string of the molecule is COc1ccc(C(Cn2c(-c3nonc3N)nc3ccccc32)=NO)cc1. The van der Waals surface area contributed by atoms with Gasteiger partial charge in [0.25, 0.3) is 0 Å². The number of nitrogen functional groups attached to an aromatic ring is 1. The molecule has 0 amide bonds. The van der Waals surface area contributed by atoms with Gasteiger partial charge in [-0.2, -0.15) is 0 Å². The maximum absolute atomic E-state index is 9.60. The summed E-state index contributed by atoms with van der Waals surface area (Å²) in [6.07, 6.45) is 0. The fraction of sp³-hybridized carbons (Fsp3) is 0.111. The molecule has 3 N–H and O–H groups in total. The minimum atomic E-state index is 0.137. The van der Waals surface area contributed by atoms with Crippen LogP contribution >= 0.6 is 0 Å². The number of benzene rings is 2. The molecule has 0 saturated heterocycles. The summed E-state index contributed by atoms with van der Waals surface area (Å²) >= 11 is 0. The van der Waals surface area contributed by atoms with Crippen LogP contribution < -0.4 is 10.5 Å². The number of nitrogens with zero attached hydrogens (tertiary/aromatic N) is 5. The largest absolute Gasteiger partial charge is 0.497 e. The second-order valence-corrected chi connectivity index (χ2v) is 5.78. The molecule has 0 spiro atoms. The van der Waals surface area contributed by atoms with Crippen molar-refractivity contribution in [1.29, 1.82) is 0 Å². The summed E-state index contributed by atoms with van der Waals surface area (Å²) in [6, 6.07) is 14.8. The lowest BCUT2D eigenvalue weighted by Crippen LogP contribution is -2.13. The van der Waals surface area contributed by atoms with E-state index in [-0.39, 0.29) is 12.4 Å². The lowest BCUT2D eigenvalue weighted by atomic mass is 10.1. The highest BCUT2D eigenvalue weighted by molar-refractivity contribution is 6.01. The number of para-hydroxylation sites is 2. The van der Waals surface area contributed by atoms with Crippen LogP contribution in [0.2, 0.25) is 0 Å². The van der Waals surface area contributed by atoms with Gasteiger partial charge in [0, 0.05) is 5.56 Å². The predicted molar refractivity (Wildman–Crippen MR) is 98.8 cm³/mol. The fourth-order valence-corrected chi connectivity index (χ4v) is 2.88. The van der Waals surface area contributed by atoms with Crippen LogP contribution in [0.25, 0.3) is 22.6 Å². The average molecular weight is 364 g/mol. The molecule has 0 aliphatic heterocycles. The molecule has 136 valence electrons. The van der Waals surface area contributed by atoms with E-state index < -0.39 is 0 Å². The van der Waals surface area contributed by atoms with Gasteiger partial charge in [0.1, 0.15) is 11.5 Å². The van der Waals surface area contributed by atoms with E-state index in [0.29, 0.717) is 23.0 Å². The second-order valence-electron chi connectivity index (χ2n) is 5.78. The van der Waals surface area contributed by atoms with E-state index in [9.17, 15) is 5.21 Å². The monoisotopic (exact) mass is 364 g/mol. The Labute approximate surface area is 153 Å². The van der Waals surface area contributed by atoms with E-state index in [1.54, 1.807) is 19.2 Å². The molecule has 27 heavy (non-hydrogen) atoms. The van der Waals surface area contributed by atoms with Gasteiger partial charge in [-0.15, -0.1) is 0 Å². The summed E-state index contributed by atoms with van der Waals surface area (Å²) in [5, 5.41) is 20.6. The first-order valence-electron chi connectivity index (χ1n) is 8.10. The van der Waals surface area contributed by atoms with Gasteiger partial charge in [-0.25, -0.2) is 9.61 Å². The lowest BCUT2D eigenvalue weighted by Gasteiger charge is -2.10. The molecule has 0 aliphatic carbocycles. The van der Waals surface area contributed by atoms with Crippen LogP contribution in [0.4, 0.5) is 5.82 Å². The van der Waals surface area contributed by atoms with Crippen molar-refractivity contribution in [1.82, 2.24) is 19.9 Å². The minimum absolute atomic E-state index is 0.137. The molecule has 0 saturated carbocycles. The molecule has 0 unspecified atom stereocenters. The molecule has 0 fully saturated rings. The van der Waals surface area contributed by atoms with E-state index in [0.717, 1.165) is 16.6 Å². The number of rotatable bonds is 5. The van der Waals surface area contributed by atoms with Gasteiger partial charge >= 0.3 is 0 Å². The Morgan fingerprint density at radius 1 is 1.19 bits per heavy atom. The van der Waals surface area contributed by atoms with Crippen LogP contribution in [0.5, 0.6) is 5.75 Å². The van der Waals surface area contributed by atoms with E-state index in [2.05, 4.69) is 20.5 Å². The summed E-state index contributed by atoms with van der Waals surface area (Å²) in [4.78, 5) is 4.59. The van der Waals surface area contributed by atoms with Crippen LogP contribution in [0.1, 0.15) is 5.56 Å². The van der Waals surface area contributed by atoms with Crippen molar-refractivity contribution in [2.24, 2.45) is 5.16 Å². The molecular formula is C18H16N6O3. The fourth-order valence-electron chi connectivity index (χ4n) is 2.88. The first kappa shape index (κ1) is 16.6. The third kappa shape index (κ3) is 2.95. The number of ether oxygens (including phenoxy) is 1. The number of nitrogens with two attached hydrogens (primary N) is 1. The number of oxime groups is 1. The van der Waals surface area contributed by atoms with Gasteiger partial charge in [0.15, 0.2) is 17.3 Å². The first-order valence-corrected chi connectivity index (χ1v) is 8.10. The molecule has 4 aromatic rings. The van der Waals surface area contributed by atoms with Crippen molar-refractivity contribution in [3.05, 3.63) is 54.1 Å². The van der Waals surface area contributed by atoms with E-state index in [1.807, 2.05) is 41.0 Å². The smallest absolute Gasteiger partial charge is 0.199 e. The predicted octanol–water partition coefficient (Wildman–Crippen LogP) is 2.56. The number of hydrogen-bond donors (Lipinski definition) is 2. The third-order valence-electron chi connectivity index (χ3n) is 4.23. The molecule has 2 aromatic heterocycles. The topological polar surface area (TPSA) is 125 Å². The molecule has 0 radical (unpaired) electrons. The standard InChI is InChI=1S/C18H16N6O3/c1-26-12-8-6-11(7-9-12)14(21-25)10-24-15-5-3-2-4-13(15)20-18(24)16-17(19)23-27-22-16/h2-9,25H,10H2,1H3,(H2,19,23). The summed E-state index contributed by atoms with van der Waals surface area (Å²) in [5.74, 6) is 1.33. The van der Waals surface area contributed by atoms with Crippen LogP contribution in [0.15, 0.2) is 58.3 Å². The van der Waals surface area contributed by atoms with E-state index in [1.165, 1.54) is 0 Å². The van der Waals surface area contributed by atoms with Crippen molar-refractivity contribution >= 4 is 22.6 Å². The van der Waals surface area contributed by atoms with E-state index in [4.69, 9.17) is 15.1 Å². The normalized spacial score (nSPS) is 11.8. The molecule has 9 heteroatoms. The Bertz CT molecular complexity index is 1110. The zero-order valence-electron chi connectivity index (χ0n) is 14.4. The van der Waals surface area contributed by atoms with Crippen LogP contribution in [-0.4, -0.2) is 37.9 Å². The maximum atomic E-state index is 9.60. The van der Waals surface area contributed by atoms with Crippen molar-refractivity contribution in [3.8, 4) is 17.3 Å². The third-order valence-corrected chi connectivity index (χ3v) is 4.23. The molecule has 2 heterocycles. The number of aromatic nitrogens is 4. The van der Waals surface area contributed by atoms with Crippen LogP contribution in [0, 0.1) is 0 Å². The van der Waals surface area contributed by atoms with Crippen LogP contribution in [0.3, 0.4) is 0 Å². The molecule has 0 atom stereocenters. The Balaban J connectivity index is 1.81. The van der Waals surface area contributed by atoms with Gasteiger partial charge in [-0.3, -0.25) is 0 Å². The highest BCUT2D eigenvalue weighted by atomic mass is 16.6. The maximum Gasteiger partial charge on any atom is 0.199 e. The summed E-state index contributed by atoms with van der Waals surface area (Å²) in [7, 11) is 1.59. The minimum Gasteiger partial charge on any atom is -0.497 e. The molecule has 0 bridgehead atoms. The Kier molecular flexibility index (Phi) is 4.17. The Morgan fingerprint density at radius 3 is 2.63 bits per heavy atom. The zero-order valence-corrected chi connectivity index (χ0v) is 14.4. The quantitative estimate of drug-likeness (QED) is 0.317. The van der Waals surface area contributed by atoms with Crippen molar-refractivity contribution in [2.75, 3.05) is 12.8 Å². The highest BCUT2D eigenvalue weighted by Gasteiger charge is 2.20. The summed E-state index contributed by atoms with van der Waals surface area (Å²) < 4.78 is 11.7. The van der Waals surface area contributed by atoms with Crippen molar-refractivity contribution in [2.45, 2.75) is 6.54 Å². The lowest BCUT2D eigenvalue weighted by molar-refractivity contribution is 0.310.